The van der Waals surface area contributed by atoms with Gasteiger partial charge in [0.15, 0.2) is 0 Å². The van der Waals surface area contributed by atoms with Crippen molar-refractivity contribution in [2.24, 2.45) is 5.73 Å². The van der Waals surface area contributed by atoms with Crippen molar-refractivity contribution in [1.82, 2.24) is 4.90 Å². The molecule has 3 N–H and O–H groups in total. The summed E-state index contributed by atoms with van der Waals surface area (Å²) in [5.41, 5.74) is 5.71. The fourth-order valence-corrected chi connectivity index (χ4v) is 1.13. The van der Waals surface area contributed by atoms with Gasteiger partial charge in [-0.25, -0.2) is 0 Å². The normalized spacial score (nSPS) is 13.9. The summed E-state index contributed by atoms with van der Waals surface area (Å²) in [4.78, 5) is 2.19. The number of aliphatic hydroxyl groups is 1. The van der Waals surface area contributed by atoms with Crippen molar-refractivity contribution in [2.45, 2.75) is 25.8 Å². The molecule has 0 aliphatic rings. The first-order valence-electron chi connectivity index (χ1n) is 4.25. The molecular formula is C8H20N2O. The van der Waals surface area contributed by atoms with Crippen molar-refractivity contribution in [2.75, 3.05) is 26.7 Å². The van der Waals surface area contributed by atoms with Gasteiger partial charge in [-0.15, -0.1) is 0 Å². The molecule has 0 radical (unpaired) electrons. The molecule has 11 heavy (non-hydrogen) atoms. The number of likely N-dealkylation sites (N-methyl/N-ethyl adjacent to an activating group) is 1. The Hall–Kier alpha value is -0.120. The van der Waals surface area contributed by atoms with Crippen LogP contribution in [0.2, 0.25) is 0 Å². The van der Waals surface area contributed by atoms with E-state index in [0.717, 1.165) is 19.5 Å². The van der Waals surface area contributed by atoms with E-state index in [0.29, 0.717) is 6.42 Å². The molecule has 0 aliphatic carbocycles. The van der Waals surface area contributed by atoms with E-state index in [4.69, 9.17) is 10.8 Å². The molecule has 68 valence electrons. The lowest BCUT2D eigenvalue weighted by Gasteiger charge is -2.19. The van der Waals surface area contributed by atoms with Crippen LogP contribution in [0, 0.1) is 0 Å². The maximum atomic E-state index is 8.58. The van der Waals surface area contributed by atoms with E-state index in [1.54, 1.807) is 0 Å². The van der Waals surface area contributed by atoms with Gasteiger partial charge in [0.1, 0.15) is 0 Å². The quantitative estimate of drug-likeness (QED) is 0.576. The summed E-state index contributed by atoms with van der Waals surface area (Å²) >= 11 is 0. The Morgan fingerprint density at radius 3 is 2.64 bits per heavy atom. The standard InChI is InChI=1S/C8H20N2O/c1-3-5-10(2)7-8(9)4-6-11/h8,11H,3-7,9H2,1-2H3. The number of rotatable bonds is 6. The fourth-order valence-electron chi connectivity index (χ4n) is 1.13. The minimum Gasteiger partial charge on any atom is -0.396 e. The van der Waals surface area contributed by atoms with Gasteiger partial charge in [-0.05, 0) is 26.4 Å². The number of nitrogens with two attached hydrogens (primary N) is 1. The molecule has 0 bridgehead atoms. The van der Waals surface area contributed by atoms with Gasteiger partial charge in [-0.3, -0.25) is 0 Å². The molecule has 0 aromatic heterocycles. The lowest BCUT2D eigenvalue weighted by molar-refractivity contribution is 0.247. The van der Waals surface area contributed by atoms with Gasteiger partial charge in [-0.1, -0.05) is 6.92 Å². The third-order valence-electron chi connectivity index (χ3n) is 1.65. The van der Waals surface area contributed by atoms with Gasteiger partial charge in [0.25, 0.3) is 0 Å². The summed E-state index contributed by atoms with van der Waals surface area (Å²) in [6.45, 7) is 4.31. The average molecular weight is 160 g/mol. The van der Waals surface area contributed by atoms with Crippen LogP contribution in [-0.4, -0.2) is 42.8 Å². The van der Waals surface area contributed by atoms with E-state index < -0.39 is 0 Å². The summed E-state index contributed by atoms with van der Waals surface area (Å²) in [6, 6.07) is 0.122. The first-order chi connectivity index (χ1) is 5.20. The summed E-state index contributed by atoms with van der Waals surface area (Å²) in [6.07, 6.45) is 1.86. The van der Waals surface area contributed by atoms with Crippen LogP contribution in [0.3, 0.4) is 0 Å². The zero-order chi connectivity index (χ0) is 8.69. The molecule has 0 spiro atoms. The Morgan fingerprint density at radius 2 is 2.18 bits per heavy atom. The van der Waals surface area contributed by atoms with Crippen LogP contribution in [0.15, 0.2) is 0 Å². The first kappa shape index (κ1) is 10.9. The minimum atomic E-state index is 0.122. The van der Waals surface area contributed by atoms with E-state index in [1.165, 1.54) is 0 Å². The molecule has 1 atom stereocenters. The Bertz CT molecular complexity index is 78.2. The summed E-state index contributed by atoms with van der Waals surface area (Å²) < 4.78 is 0. The molecule has 0 aliphatic heterocycles. The maximum absolute atomic E-state index is 8.58. The number of hydrogen-bond donors (Lipinski definition) is 2. The van der Waals surface area contributed by atoms with Gasteiger partial charge in [-0.2, -0.15) is 0 Å². The summed E-state index contributed by atoms with van der Waals surface area (Å²) in [7, 11) is 2.06. The highest BCUT2D eigenvalue weighted by Crippen LogP contribution is 1.92. The largest absolute Gasteiger partial charge is 0.396 e. The molecule has 0 saturated heterocycles. The Labute approximate surface area is 69.2 Å². The molecule has 0 aromatic carbocycles. The molecule has 0 saturated carbocycles. The number of nitrogens with zero attached hydrogens (tertiary/aromatic N) is 1. The second-order valence-corrected chi connectivity index (χ2v) is 3.03. The van der Waals surface area contributed by atoms with Gasteiger partial charge in [0, 0.05) is 19.2 Å². The predicted molar refractivity (Wildman–Crippen MR) is 47.5 cm³/mol. The van der Waals surface area contributed by atoms with Crippen molar-refractivity contribution in [3.63, 3.8) is 0 Å². The highest BCUT2D eigenvalue weighted by atomic mass is 16.3. The monoisotopic (exact) mass is 160 g/mol. The molecule has 1 unspecified atom stereocenters. The van der Waals surface area contributed by atoms with E-state index in [1.807, 2.05) is 0 Å². The van der Waals surface area contributed by atoms with Crippen molar-refractivity contribution in [1.29, 1.82) is 0 Å². The predicted octanol–water partition coefficient (Wildman–Crippen LogP) is 0.0379. The van der Waals surface area contributed by atoms with E-state index in [2.05, 4.69) is 18.9 Å². The molecule has 0 rings (SSSR count). The van der Waals surface area contributed by atoms with Crippen LogP contribution in [0.5, 0.6) is 0 Å². The molecule has 3 nitrogen and oxygen atoms in total. The lowest BCUT2D eigenvalue weighted by Crippen LogP contribution is -2.36. The van der Waals surface area contributed by atoms with Crippen LogP contribution in [-0.2, 0) is 0 Å². The van der Waals surface area contributed by atoms with Crippen molar-refractivity contribution in [3.8, 4) is 0 Å². The average Bonchev–Trinajstić information content (AvgIpc) is 1.87. The highest BCUT2D eigenvalue weighted by Gasteiger charge is 2.04. The molecule has 0 heterocycles. The van der Waals surface area contributed by atoms with Gasteiger partial charge < -0.3 is 15.7 Å². The van der Waals surface area contributed by atoms with E-state index in [-0.39, 0.29) is 12.6 Å². The SMILES string of the molecule is CCCN(C)CC(N)CCO. The van der Waals surface area contributed by atoms with E-state index >= 15 is 0 Å². The second-order valence-electron chi connectivity index (χ2n) is 3.03. The summed E-state index contributed by atoms with van der Waals surface area (Å²) in [5, 5.41) is 8.58. The van der Waals surface area contributed by atoms with Gasteiger partial charge in [0.2, 0.25) is 0 Å². The summed E-state index contributed by atoms with van der Waals surface area (Å²) in [5.74, 6) is 0. The lowest BCUT2D eigenvalue weighted by atomic mass is 10.2. The topological polar surface area (TPSA) is 49.5 Å². The number of aliphatic hydroxyl groups excluding tert-OH is 1. The fraction of sp³-hybridized carbons (Fsp3) is 1.00. The van der Waals surface area contributed by atoms with Crippen LogP contribution < -0.4 is 5.73 Å². The Morgan fingerprint density at radius 1 is 1.55 bits per heavy atom. The van der Waals surface area contributed by atoms with E-state index in [9.17, 15) is 0 Å². The second kappa shape index (κ2) is 6.58. The number of hydrogen-bond acceptors (Lipinski definition) is 3. The minimum absolute atomic E-state index is 0.122. The third kappa shape index (κ3) is 6.28. The van der Waals surface area contributed by atoms with Crippen LogP contribution in [0.1, 0.15) is 19.8 Å². The third-order valence-corrected chi connectivity index (χ3v) is 1.65. The van der Waals surface area contributed by atoms with Gasteiger partial charge >= 0.3 is 0 Å². The van der Waals surface area contributed by atoms with Crippen LogP contribution >= 0.6 is 0 Å². The Balaban J connectivity index is 3.32. The zero-order valence-electron chi connectivity index (χ0n) is 7.58. The molecular weight excluding hydrogens is 140 g/mol. The highest BCUT2D eigenvalue weighted by molar-refractivity contribution is 4.64. The molecule has 3 heteroatoms. The van der Waals surface area contributed by atoms with Gasteiger partial charge in [0.05, 0.1) is 0 Å². The Kier molecular flexibility index (Phi) is 6.51. The van der Waals surface area contributed by atoms with Crippen LogP contribution in [0.25, 0.3) is 0 Å². The maximum Gasteiger partial charge on any atom is 0.0446 e. The molecule has 0 amide bonds. The smallest absolute Gasteiger partial charge is 0.0446 e. The first-order valence-corrected chi connectivity index (χ1v) is 4.25. The van der Waals surface area contributed by atoms with Crippen LogP contribution in [0.4, 0.5) is 0 Å². The van der Waals surface area contributed by atoms with Crippen molar-refractivity contribution < 1.29 is 5.11 Å². The van der Waals surface area contributed by atoms with Crippen molar-refractivity contribution >= 4 is 0 Å². The molecule has 0 fully saturated rings. The molecule has 0 aromatic rings. The zero-order valence-corrected chi connectivity index (χ0v) is 7.58. The van der Waals surface area contributed by atoms with Crippen molar-refractivity contribution in [3.05, 3.63) is 0 Å².